The van der Waals surface area contributed by atoms with Crippen LogP contribution in [-0.2, 0) is 0 Å². The fraction of sp³-hybridized carbons (Fsp3) is 0.429. The first kappa shape index (κ1) is 12.9. The van der Waals surface area contributed by atoms with Crippen molar-refractivity contribution in [2.75, 3.05) is 23.8 Å². The Labute approximate surface area is 116 Å². The van der Waals surface area contributed by atoms with E-state index in [4.69, 9.17) is 5.73 Å². The Balaban J connectivity index is 2.08. The van der Waals surface area contributed by atoms with Crippen LogP contribution in [0.3, 0.4) is 0 Å². The first-order chi connectivity index (χ1) is 9.69. The van der Waals surface area contributed by atoms with E-state index >= 15 is 0 Å². The minimum Gasteiger partial charge on any atom is -0.399 e. The maximum absolute atomic E-state index is 12.1. The second-order valence-electron chi connectivity index (χ2n) is 5.19. The van der Waals surface area contributed by atoms with Crippen molar-refractivity contribution in [3.8, 4) is 0 Å². The third-order valence-corrected chi connectivity index (χ3v) is 3.83. The lowest BCUT2D eigenvalue weighted by atomic mass is 10.0. The fourth-order valence-corrected chi connectivity index (χ4v) is 2.75. The molecule has 0 bridgehead atoms. The molecule has 106 valence electrons. The number of nitrogens with two attached hydrogens (primary N) is 1. The van der Waals surface area contributed by atoms with Crippen LogP contribution in [0.15, 0.2) is 23.0 Å². The van der Waals surface area contributed by atoms with Crippen molar-refractivity contribution < 1.29 is 5.11 Å². The van der Waals surface area contributed by atoms with Crippen molar-refractivity contribution in [2.24, 2.45) is 0 Å². The summed E-state index contributed by atoms with van der Waals surface area (Å²) >= 11 is 0. The summed E-state index contributed by atoms with van der Waals surface area (Å²) in [6, 6.07) is 5.14. The number of hydrogen-bond donors (Lipinski definition) is 3. The number of nitrogens with zero attached hydrogens (tertiary/aromatic N) is 2. The van der Waals surface area contributed by atoms with E-state index in [9.17, 15) is 9.90 Å². The molecule has 1 saturated heterocycles. The van der Waals surface area contributed by atoms with Crippen LogP contribution >= 0.6 is 0 Å². The van der Waals surface area contributed by atoms with Crippen LogP contribution in [0.25, 0.3) is 10.9 Å². The highest BCUT2D eigenvalue weighted by atomic mass is 16.3. The molecule has 6 nitrogen and oxygen atoms in total. The Morgan fingerprint density at radius 2 is 2.30 bits per heavy atom. The van der Waals surface area contributed by atoms with Gasteiger partial charge in [0, 0.05) is 12.2 Å². The number of nitrogen functional groups attached to an aromatic ring is 1. The van der Waals surface area contributed by atoms with Crippen molar-refractivity contribution in [3.63, 3.8) is 0 Å². The van der Waals surface area contributed by atoms with Crippen molar-refractivity contribution in [2.45, 2.75) is 25.3 Å². The van der Waals surface area contributed by atoms with Crippen molar-refractivity contribution in [1.29, 1.82) is 0 Å². The Bertz CT molecular complexity index is 682. The summed E-state index contributed by atoms with van der Waals surface area (Å²) < 4.78 is 0. The fourth-order valence-electron chi connectivity index (χ4n) is 2.75. The number of hydrogen-bond acceptors (Lipinski definition) is 5. The molecule has 2 heterocycles. The molecular formula is C14H18N4O2. The van der Waals surface area contributed by atoms with Crippen LogP contribution in [0, 0.1) is 0 Å². The van der Waals surface area contributed by atoms with Crippen molar-refractivity contribution in [3.05, 3.63) is 28.6 Å². The molecule has 0 aliphatic carbocycles. The van der Waals surface area contributed by atoms with E-state index < -0.39 is 0 Å². The average molecular weight is 274 g/mol. The Morgan fingerprint density at radius 1 is 1.45 bits per heavy atom. The molecule has 20 heavy (non-hydrogen) atoms. The molecule has 1 atom stereocenters. The van der Waals surface area contributed by atoms with Gasteiger partial charge in [0.1, 0.15) is 0 Å². The molecule has 0 radical (unpaired) electrons. The number of aromatic nitrogens is 2. The summed E-state index contributed by atoms with van der Waals surface area (Å²) in [5, 5.41) is 9.96. The van der Waals surface area contributed by atoms with E-state index in [2.05, 4.69) is 9.97 Å². The number of aliphatic hydroxyl groups is 1. The molecule has 0 amide bonds. The molecule has 1 unspecified atom stereocenters. The number of benzene rings is 1. The van der Waals surface area contributed by atoms with E-state index in [1.165, 1.54) is 0 Å². The molecule has 1 fully saturated rings. The molecule has 3 rings (SSSR count). The Hall–Kier alpha value is -2.08. The van der Waals surface area contributed by atoms with E-state index in [0.29, 0.717) is 22.5 Å². The first-order valence-electron chi connectivity index (χ1n) is 6.86. The number of anilines is 2. The summed E-state index contributed by atoms with van der Waals surface area (Å²) in [4.78, 5) is 21.4. The van der Waals surface area contributed by atoms with Crippen molar-refractivity contribution in [1.82, 2.24) is 9.97 Å². The van der Waals surface area contributed by atoms with Gasteiger partial charge in [0.15, 0.2) is 0 Å². The average Bonchev–Trinajstić information content (AvgIpc) is 2.47. The molecule has 4 N–H and O–H groups in total. The van der Waals surface area contributed by atoms with E-state index in [-0.39, 0.29) is 18.2 Å². The largest absolute Gasteiger partial charge is 0.399 e. The molecule has 0 spiro atoms. The topological polar surface area (TPSA) is 95.2 Å². The quantitative estimate of drug-likeness (QED) is 0.706. The molecule has 6 heteroatoms. The lowest BCUT2D eigenvalue weighted by molar-refractivity contribution is 0.239. The number of H-pyrrole nitrogens is 1. The van der Waals surface area contributed by atoms with Gasteiger partial charge in [-0.15, -0.1) is 0 Å². The number of aromatic amines is 1. The number of rotatable bonds is 2. The minimum atomic E-state index is -0.195. The lowest BCUT2D eigenvalue weighted by Gasteiger charge is -2.34. The smallest absolute Gasteiger partial charge is 0.260 e. The van der Waals surface area contributed by atoms with Gasteiger partial charge in [-0.1, -0.05) is 0 Å². The van der Waals surface area contributed by atoms with E-state index in [1.807, 2.05) is 4.90 Å². The van der Waals surface area contributed by atoms with Crippen LogP contribution in [-0.4, -0.2) is 34.3 Å². The number of aliphatic hydroxyl groups excluding tert-OH is 1. The summed E-state index contributed by atoms with van der Waals surface area (Å²) in [6.45, 7) is 0.873. The zero-order valence-corrected chi connectivity index (χ0v) is 11.2. The van der Waals surface area contributed by atoms with Gasteiger partial charge in [0.25, 0.3) is 5.56 Å². The van der Waals surface area contributed by atoms with Gasteiger partial charge in [-0.3, -0.25) is 9.78 Å². The highest BCUT2D eigenvalue weighted by molar-refractivity contribution is 5.81. The summed E-state index contributed by atoms with van der Waals surface area (Å²) in [5.74, 6) is 0.533. The van der Waals surface area contributed by atoms with Crippen molar-refractivity contribution >= 4 is 22.5 Å². The first-order valence-corrected chi connectivity index (χ1v) is 6.86. The van der Waals surface area contributed by atoms with Gasteiger partial charge in [-0.25, -0.2) is 4.98 Å². The molecule has 2 aromatic rings. The van der Waals surface area contributed by atoms with Crippen LogP contribution < -0.4 is 16.2 Å². The van der Waals surface area contributed by atoms with Gasteiger partial charge in [0.05, 0.1) is 23.6 Å². The standard InChI is InChI=1S/C14H18N4O2/c15-9-4-5-12-11(7-9)13(20)17-14(16-12)18-6-2-1-3-10(18)8-19/h4-5,7,10,19H,1-3,6,8,15H2,(H,16,17,20). The maximum atomic E-state index is 12.1. The van der Waals surface area contributed by atoms with Crippen LogP contribution in [0.1, 0.15) is 19.3 Å². The highest BCUT2D eigenvalue weighted by Gasteiger charge is 2.24. The van der Waals surface area contributed by atoms with Gasteiger partial charge < -0.3 is 15.7 Å². The van der Waals surface area contributed by atoms with Gasteiger partial charge in [-0.05, 0) is 37.5 Å². The summed E-state index contributed by atoms with van der Waals surface area (Å²) in [6.07, 6.45) is 3.05. The lowest BCUT2D eigenvalue weighted by Crippen LogP contribution is -2.43. The third kappa shape index (κ3) is 2.22. The highest BCUT2D eigenvalue weighted by Crippen LogP contribution is 2.22. The van der Waals surface area contributed by atoms with Gasteiger partial charge in [-0.2, -0.15) is 0 Å². The summed E-state index contributed by atoms with van der Waals surface area (Å²) in [7, 11) is 0. The molecule has 1 aromatic carbocycles. The molecule has 0 saturated carbocycles. The zero-order valence-electron chi connectivity index (χ0n) is 11.2. The van der Waals surface area contributed by atoms with Crippen LogP contribution in [0.4, 0.5) is 11.6 Å². The number of piperidine rings is 1. The summed E-state index contributed by atoms with van der Waals surface area (Å²) in [5.41, 5.74) is 6.67. The molecule has 1 aromatic heterocycles. The SMILES string of the molecule is Nc1ccc2nc(N3CCCCC3CO)[nH]c(=O)c2c1. The molecule has 1 aliphatic rings. The number of nitrogens with one attached hydrogen (secondary N) is 1. The molecule has 1 aliphatic heterocycles. The predicted molar refractivity (Wildman–Crippen MR) is 78.8 cm³/mol. The van der Waals surface area contributed by atoms with Gasteiger partial charge >= 0.3 is 0 Å². The maximum Gasteiger partial charge on any atom is 0.260 e. The monoisotopic (exact) mass is 274 g/mol. The van der Waals surface area contributed by atoms with Crippen LogP contribution in [0.2, 0.25) is 0 Å². The second kappa shape index (κ2) is 5.13. The predicted octanol–water partition coefficient (Wildman–Crippen LogP) is 0.856. The zero-order chi connectivity index (χ0) is 14.1. The Morgan fingerprint density at radius 3 is 3.10 bits per heavy atom. The van der Waals surface area contributed by atoms with E-state index in [0.717, 1.165) is 25.8 Å². The second-order valence-corrected chi connectivity index (χ2v) is 5.19. The van der Waals surface area contributed by atoms with Gasteiger partial charge in [0.2, 0.25) is 5.95 Å². The third-order valence-electron chi connectivity index (χ3n) is 3.83. The van der Waals surface area contributed by atoms with Crippen LogP contribution in [0.5, 0.6) is 0 Å². The minimum absolute atomic E-state index is 0.0260. The molecular weight excluding hydrogens is 256 g/mol. The van der Waals surface area contributed by atoms with E-state index in [1.54, 1.807) is 18.2 Å². The number of fused-ring (bicyclic) bond motifs is 1. The normalized spacial score (nSPS) is 19.4. The Kier molecular flexibility index (Phi) is 3.31.